The third-order valence-electron chi connectivity index (χ3n) is 6.47. The van der Waals surface area contributed by atoms with E-state index < -0.39 is 5.82 Å². The Kier molecular flexibility index (Phi) is 5.13. The zero-order chi connectivity index (χ0) is 17.0. The van der Waals surface area contributed by atoms with Crippen LogP contribution in [0.1, 0.15) is 76.7 Å². The Morgan fingerprint density at radius 2 is 1.75 bits per heavy atom. The van der Waals surface area contributed by atoms with Crippen LogP contribution in [0, 0.1) is 28.0 Å². The first-order chi connectivity index (χ1) is 11.6. The summed E-state index contributed by atoms with van der Waals surface area (Å²) in [4.78, 5) is 0. The van der Waals surface area contributed by atoms with Crippen LogP contribution in [-0.2, 0) is 0 Å². The van der Waals surface area contributed by atoms with Crippen molar-refractivity contribution in [3.8, 4) is 11.8 Å². The molecule has 1 aromatic rings. The molecule has 24 heavy (non-hydrogen) atoms. The molecule has 0 N–H and O–H groups in total. The number of ether oxygens (including phenoxy) is 1. The van der Waals surface area contributed by atoms with Crippen LogP contribution in [-0.4, -0.2) is 6.61 Å². The first kappa shape index (κ1) is 17.3. The fourth-order valence-electron chi connectivity index (χ4n) is 4.60. The van der Waals surface area contributed by atoms with Gasteiger partial charge in [0.15, 0.2) is 0 Å². The maximum Gasteiger partial charge on any atom is 0.144 e. The number of rotatable bonds is 7. The topological polar surface area (TPSA) is 33.0 Å². The van der Waals surface area contributed by atoms with E-state index in [9.17, 15) is 4.39 Å². The highest BCUT2D eigenvalue weighted by Gasteiger charge is 2.48. The number of benzene rings is 1. The van der Waals surface area contributed by atoms with E-state index in [1.807, 2.05) is 6.07 Å². The largest absolute Gasteiger partial charge is 0.493 e. The molecule has 3 aliphatic carbocycles. The first-order valence-corrected chi connectivity index (χ1v) is 9.43. The van der Waals surface area contributed by atoms with Crippen molar-refractivity contribution in [2.45, 2.75) is 71.1 Å². The van der Waals surface area contributed by atoms with Crippen molar-refractivity contribution < 1.29 is 9.13 Å². The third kappa shape index (κ3) is 3.58. The molecule has 0 amide bonds. The number of unbranched alkanes of at least 4 members (excludes halogenated alkanes) is 2. The van der Waals surface area contributed by atoms with Gasteiger partial charge >= 0.3 is 0 Å². The van der Waals surface area contributed by atoms with E-state index in [0.717, 1.165) is 0 Å². The average molecular weight is 329 g/mol. The molecular formula is C21H28FNO. The average Bonchev–Trinajstić information content (AvgIpc) is 2.62. The van der Waals surface area contributed by atoms with E-state index >= 15 is 0 Å². The number of hydrogen-bond acceptors (Lipinski definition) is 2. The second-order valence-corrected chi connectivity index (χ2v) is 8.00. The van der Waals surface area contributed by atoms with Crippen LogP contribution < -0.4 is 4.74 Å². The summed E-state index contributed by atoms with van der Waals surface area (Å²) in [5, 5.41) is 8.80. The van der Waals surface area contributed by atoms with Gasteiger partial charge in [0.25, 0.3) is 0 Å². The fraction of sp³-hybridized carbons (Fsp3) is 0.667. The van der Waals surface area contributed by atoms with Crippen LogP contribution in [0.5, 0.6) is 5.75 Å². The van der Waals surface area contributed by atoms with Gasteiger partial charge in [-0.3, -0.25) is 0 Å². The van der Waals surface area contributed by atoms with Gasteiger partial charge in [0, 0.05) is 11.5 Å². The molecule has 2 bridgehead atoms. The highest BCUT2D eigenvalue weighted by molar-refractivity contribution is 5.36. The number of nitrogens with zero attached hydrogens (tertiary/aromatic N) is 1. The maximum absolute atomic E-state index is 13.7. The van der Waals surface area contributed by atoms with E-state index in [-0.39, 0.29) is 11.0 Å². The van der Waals surface area contributed by atoms with Crippen LogP contribution >= 0.6 is 0 Å². The molecule has 1 aromatic carbocycles. The number of fused-ring (bicyclic) bond motifs is 3. The lowest BCUT2D eigenvalue weighted by Crippen LogP contribution is -2.44. The molecule has 0 unspecified atom stereocenters. The maximum atomic E-state index is 13.7. The monoisotopic (exact) mass is 329 g/mol. The Labute approximate surface area is 145 Å². The lowest BCUT2D eigenvalue weighted by molar-refractivity contribution is -0.0409. The number of halogens is 1. The molecule has 0 aromatic heterocycles. The Balaban J connectivity index is 1.55. The van der Waals surface area contributed by atoms with E-state index in [4.69, 9.17) is 10.00 Å². The second kappa shape index (κ2) is 7.13. The normalized spacial score (nSPS) is 28.5. The van der Waals surface area contributed by atoms with Crippen LogP contribution in [0.4, 0.5) is 4.39 Å². The Hall–Kier alpha value is -1.56. The molecule has 0 radical (unpaired) electrons. The molecule has 0 atom stereocenters. The Morgan fingerprint density at radius 3 is 2.33 bits per heavy atom. The van der Waals surface area contributed by atoms with Gasteiger partial charge in [-0.05, 0) is 62.5 Å². The van der Waals surface area contributed by atoms with Gasteiger partial charge in [0.05, 0.1) is 12.2 Å². The third-order valence-corrected chi connectivity index (χ3v) is 6.47. The molecule has 0 aliphatic heterocycles. The van der Waals surface area contributed by atoms with Gasteiger partial charge in [-0.25, -0.2) is 4.39 Å². The predicted molar refractivity (Wildman–Crippen MR) is 93.3 cm³/mol. The molecule has 0 heterocycles. The van der Waals surface area contributed by atoms with Crippen molar-refractivity contribution in [1.82, 2.24) is 0 Å². The van der Waals surface area contributed by atoms with Gasteiger partial charge in [-0.15, -0.1) is 0 Å². The van der Waals surface area contributed by atoms with Crippen molar-refractivity contribution in [2.75, 3.05) is 6.61 Å². The number of hydrogen-bond donors (Lipinski definition) is 0. The molecule has 3 heteroatoms. The van der Waals surface area contributed by atoms with Gasteiger partial charge in [-0.2, -0.15) is 5.26 Å². The summed E-state index contributed by atoms with van der Waals surface area (Å²) < 4.78 is 19.6. The molecular weight excluding hydrogens is 301 g/mol. The first-order valence-electron chi connectivity index (χ1n) is 9.43. The highest BCUT2D eigenvalue weighted by Crippen LogP contribution is 2.58. The minimum absolute atomic E-state index is 0.0766. The molecule has 0 spiro atoms. The molecule has 0 saturated heterocycles. The highest BCUT2D eigenvalue weighted by atomic mass is 19.1. The van der Waals surface area contributed by atoms with Crippen molar-refractivity contribution >= 4 is 0 Å². The van der Waals surface area contributed by atoms with Crippen LogP contribution in [0.2, 0.25) is 0 Å². The minimum atomic E-state index is -0.491. The molecule has 2 nitrogen and oxygen atoms in total. The fourth-order valence-corrected chi connectivity index (χ4v) is 4.60. The molecule has 3 aliphatic rings. The van der Waals surface area contributed by atoms with Gasteiger partial charge in [0.2, 0.25) is 0 Å². The van der Waals surface area contributed by atoms with Gasteiger partial charge < -0.3 is 4.74 Å². The van der Waals surface area contributed by atoms with Crippen molar-refractivity contribution in [2.24, 2.45) is 10.8 Å². The molecule has 3 saturated carbocycles. The predicted octanol–water partition coefficient (Wildman–Crippen LogP) is 6.00. The van der Waals surface area contributed by atoms with Crippen molar-refractivity contribution in [3.63, 3.8) is 0 Å². The Morgan fingerprint density at radius 1 is 1.08 bits per heavy atom. The van der Waals surface area contributed by atoms with Crippen molar-refractivity contribution in [1.29, 1.82) is 5.26 Å². The molecule has 130 valence electrons. The SMILES string of the molecule is CCCCCC12CCC(COc3ccc(C#N)c(F)c3)(CC1)CC2. The lowest BCUT2D eigenvalue weighted by atomic mass is 9.53. The summed E-state index contributed by atoms with van der Waals surface area (Å²) in [5.41, 5.74) is 0.974. The standard InChI is InChI=1S/C21H28FNO/c1-2-3-4-7-20-8-11-21(12-9-20,13-10-20)16-24-18-6-5-17(15-23)19(22)14-18/h5-6,14H,2-4,7-13,16H2,1H3. The van der Waals surface area contributed by atoms with Gasteiger partial charge in [-0.1, -0.05) is 26.2 Å². The number of nitriles is 1. The minimum Gasteiger partial charge on any atom is -0.493 e. The lowest BCUT2D eigenvalue weighted by Gasteiger charge is -2.53. The van der Waals surface area contributed by atoms with E-state index in [1.54, 1.807) is 6.07 Å². The van der Waals surface area contributed by atoms with Crippen LogP contribution in [0.3, 0.4) is 0 Å². The van der Waals surface area contributed by atoms with Crippen LogP contribution in [0.25, 0.3) is 0 Å². The summed E-state index contributed by atoms with van der Waals surface area (Å²) in [6, 6.07) is 6.40. The Bertz CT molecular complexity index is 594. The smallest absolute Gasteiger partial charge is 0.144 e. The van der Waals surface area contributed by atoms with Crippen LogP contribution in [0.15, 0.2) is 18.2 Å². The summed E-state index contributed by atoms with van der Waals surface area (Å²) in [7, 11) is 0. The summed E-state index contributed by atoms with van der Waals surface area (Å²) in [5.74, 6) is 0.0564. The summed E-state index contributed by atoms with van der Waals surface area (Å²) in [6.45, 7) is 2.96. The molecule has 3 fully saturated rings. The second-order valence-electron chi connectivity index (χ2n) is 8.00. The zero-order valence-corrected chi connectivity index (χ0v) is 14.7. The van der Waals surface area contributed by atoms with E-state index in [2.05, 4.69) is 6.92 Å². The van der Waals surface area contributed by atoms with Gasteiger partial charge in [0.1, 0.15) is 17.6 Å². The van der Waals surface area contributed by atoms with Crippen molar-refractivity contribution in [3.05, 3.63) is 29.6 Å². The molecule has 4 rings (SSSR count). The zero-order valence-electron chi connectivity index (χ0n) is 14.7. The quantitative estimate of drug-likeness (QED) is 0.575. The summed E-state index contributed by atoms with van der Waals surface area (Å²) >= 11 is 0. The van der Waals surface area contributed by atoms with E-state index in [1.165, 1.54) is 76.3 Å². The summed E-state index contributed by atoms with van der Waals surface area (Å²) in [6.07, 6.45) is 13.2. The van der Waals surface area contributed by atoms with E-state index in [0.29, 0.717) is 17.8 Å².